The zero-order valence-corrected chi connectivity index (χ0v) is 36.8. The Morgan fingerprint density at radius 1 is 0.466 bits per heavy atom. The average Bonchev–Trinajstić information content (AvgIpc) is 3.20. The van der Waals surface area contributed by atoms with Gasteiger partial charge in [0.1, 0.15) is 0 Å². The lowest BCUT2D eigenvalue weighted by molar-refractivity contribution is -0.137. The number of fused-ring (bicyclic) bond motifs is 2. The summed E-state index contributed by atoms with van der Waals surface area (Å²) in [6, 6.07) is 11.3. The quantitative estimate of drug-likeness (QED) is 0.0302. The maximum Gasteiger partial charge on any atom is 0.303 e. The zero-order valence-electron chi connectivity index (χ0n) is 33.7. The minimum atomic E-state index is -0.734. The summed E-state index contributed by atoms with van der Waals surface area (Å²) in [5.41, 5.74) is 2.02. The zero-order chi connectivity index (χ0) is 40.9. The van der Waals surface area contributed by atoms with Crippen LogP contribution in [0.4, 0.5) is 0 Å². The van der Waals surface area contributed by atoms with Gasteiger partial charge < -0.3 is 5.11 Å². The van der Waals surface area contributed by atoms with E-state index in [-0.39, 0.29) is 30.0 Å². The number of hydrogen-bond acceptors (Lipinski definition) is 5. The van der Waals surface area contributed by atoms with Gasteiger partial charge >= 0.3 is 5.97 Å². The number of aliphatic carboxylic acids is 1. The molecule has 4 amide bonds. The van der Waals surface area contributed by atoms with Crippen LogP contribution in [0.15, 0.2) is 45.3 Å². The first kappa shape index (κ1) is 42.2. The number of benzene rings is 5. The van der Waals surface area contributed by atoms with E-state index in [1.54, 1.807) is 0 Å². The Labute approximate surface area is 357 Å². The van der Waals surface area contributed by atoms with Gasteiger partial charge in [0, 0.05) is 83.0 Å². The first-order valence-electron chi connectivity index (χ1n) is 21.7. The second-order valence-corrected chi connectivity index (χ2v) is 18.1. The Bertz CT molecular complexity index is 2390. The Morgan fingerprint density at radius 3 is 1.19 bits per heavy atom. The molecular formula is C48H54Br2N2O6. The molecule has 0 aromatic heterocycles. The van der Waals surface area contributed by atoms with E-state index in [9.17, 15) is 24.0 Å². The van der Waals surface area contributed by atoms with Crippen LogP contribution in [0.3, 0.4) is 0 Å². The Kier molecular flexibility index (Phi) is 13.8. The van der Waals surface area contributed by atoms with E-state index in [2.05, 4.69) is 38.8 Å². The molecule has 5 aromatic rings. The average molecular weight is 915 g/mol. The van der Waals surface area contributed by atoms with Gasteiger partial charge in [0.25, 0.3) is 23.6 Å². The summed E-state index contributed by atoms with van der Waals surface area (Å²) in [5, 5.41) is 15.1. The fraction of sp³-hybridized carbons (Fsp3) is 0.479. The summed E-state index contributed by atoms with van der Waals surface area (Å²) in [4.78, 5) is 69.8. The van der Waals surface area contributed by atoms with Gasteiger partial charge in [-0.1, -0.05) is 154 Å². The molecule has 0 aliphatic carbocycles. The number of amides is 4. The molecule has 0 saturated heterocycles. The molecule has 5 aromatic carbocycles. The molecule has 306 valence electrons. The van der Waals surface area contributed by atoms with Gasteiger partial charge in [0.15, 0.2) is 0 Å². The van der Waals surface area contributed by atoms with Crippen LogP contribution in [0.25, 0.3) is 43.1 Å². The predicted octanol–water partition coefficient (Wildman–Crippen LogP) is 13.4. The number of nitrogens with zero attached hydrogens (tertiary/aromatic N) is 2. The Hall–Kier alpha value is -3.89. The van der Waals surface area contributed by atoms with Crippen molar-refractivity contribution >= 4 is 105 Å². The van der Waals surface area contributed by atoms with Crippen molar-refractivity contribution in [3.05, 3.63) is 67.6 Å². The van der Waals surface area contributed by atoms with Crippen molar-refractivity contribution in [3.8, 4) is 0 Å². The van der Waals surface area contributed by atoms with E-state index in [0.29, 0.717) is 46.1 Å². The van der Waals surface area contributed by atoms with Gasteiger partial charge in [-0.15, -0.1) is 0 Å². The van der Waals surface area contributed by atoms with Crippen molar-refractivity contribution in [2.75, 3.05) is 13.1 Å². The van der Waals surface area contributed by atoms with Crippen molar-refractivity contribution in [2.24, 2.45) is 0 Å². The normalized spacial score (nSPS) is 14.1. The number of carboxylic acids is 1. The largest absolute Gasteiger partial charge is 0.481 e. The number of unbranched alkanes of at least 4 members (excludes halogenated alkanes) is 17. The first-order valence-corrected chi connectivity index (χ1v) is 23.3. The number of carbonyl (C=O) groups is 5. The molecular weight excluding hydrogens is 860 g/mol. The number of halogens is 2. The fourth-order valence-electron chi connectivity index (χ4n) is 9.42. The van der Waals surface area contributed by atoms with Crippen LogP contribution in [0.1, 0.15) is 177 Å². The van der Waals surface area contributed by atoms with Crippen molar-refractivity contribution < 1.29 is 29.1 Å². The maximum absolute atomic E-state index is 14.1. The summed E-state index contributed by atoms with van der Waals surface area (Å²) < 4.78 is 1.45. The molecule has 2 heterocycles. The molecule has 0 atom stereocenters. The lowest BCUT2D eigenvalue weighted by atomic mass is 9.82. The third-order valence-electron chi connectivity index (χ3n) is 12.4. The Balaban J connectivity index is 1.09. The fourth-order valence-corrected chi connectivity index (χ4v) is 10.7. The highest BCUT2D eigenvalue weighted by molar-refractivity contribution is 9.11. The van der Waals surface area contributed by atoms with E-state index >= 15 is 0 Å². The summed E-state index contributed by atoms with van der Waals surface area (Å²) in [7, 11) is 0. The third kappa shape index (κ3) is 8.29. The molecule has 2 aliphatic heterocycles. The summed E-state index contributed by atoms with van der Waals surface area (Å²) in [6.07, 6.45) is 20.7. The van der Waals surface area contributed by atoms with Gasteiger partial charge in [-0.25, -0.2) is 0 Å². The van der Waals surface area contributed by atoms with Crippen LogP contribution in [-0.4, -0.2) is 57.6 Å². The van der Waals surface area contributed by atoms with E-state index in [1.807, 2.05) is 36.4 Å². The highest BCUT2D eigenvalue weighted by Crippen LogP contribution is 2.50. The molecule has 0 unspecified atom stereocenters. The summed E-state index contributed by atoms with van der Waals surface area (Å²) >= 11 is 7.66. The first-order chi connectivity index (χ1) is 28.1. The monoisotopic (exact) mass is 912 g/mol. The van der Waals surface area contributed by atoms with Crippen LogP contribution in [-0.2, 0) is 4.79 Å². The molecule has 0 bridgehead atoms. The smallest absolute Gasteiger partial charge is 0.303 e. The number of hydrogen-bond donors (Lipinski definition) is 1. The van der Waals surface area contributed by atoms with Crippen LogP contribution in [0.2, 0.25) is 0 Å². The number of rotatable bonds is 23. The molecule has 7 rings (SSSR count). The third-order valence-corrected chi connectivity index (χ3v) is 13.7. The van der Waals surface area contributed by atoms with E-state index in [0.717, 1.165) is 118 Å². The minimum absolute atomic E-state index is 0.237. The second-order valence-electron chi connectivity index (χ2n) is 16.4. The maximum atomic E-state index is 14.1. The van der Waals surface area contributed by atoms with Gasteiger partial charge in [-0.2, -0.15) is 0 Å². The highest BCUT2D eigenvalue weighted by Gasteiger charge is 2.37. The summed E-state index contributed by atoms with van der Waals surface area (Å²) in [6.45, 7) is 2.99. The summed E-state index contributed by atoms with van der Waals surface area (Å²) in [5.74, 6) is -1.84. The van der Waals surface area contributed by atoms with E-state index < -0.39 is 5.97 Å². The van der Waals surface area contributed by atoms with Crippen LogP contribution >= 0.6 is 31.9 Å². The molecule has 0 spiro atoms. The standard InChI is InChI=1S/C48H54Br2N2O6/c1-2-3-4-5-6-7-10-13-16-19-26-51-45(55)32-24-22-30-42-37(50)29-35-40-33(25-23-31(44(40)42)41-36(49)28-34(47(51)57)39(32)43(30)41)46(56)52(48(35)58)27-20-17-14-11-8-9-12-15-18-21-38(53)54/h22-25,28-29H,2-21,26-27H2,1H3,(H,53,54). The molecule has 10 heteroatoms. The van der Waals surface area contributed by atoms with Gasteiger partial charge in [-0.3, -0.25) is 33.8 Å². The number of carboxylic acid groups (broad SMARTS) is 1. The van der Waals surface area contributed by atoms with Crippen molar-refractivity contribution in [3.63, 3.8) is 0 Å². The molecule has 58 heavy (non-hydrogen) atoms. The van der Waals surface area contributed by atoms with Gasteiger partial charge in [0.05, 0.1) is 0 Å². The van der Waals surface area contributed by atoms with Crippen LogP contribution < -0.4 is 0 Å². The van der Waals surface area contributed by atoms with Crippen LogP contribution in [0, 0.1) is 0 Å². The molecule has 0 radical (unpaired) electrons. The minimum Gasteiger partial charge on any atom is -0.481 e. The van der Waals surface area contributed by atoms with Crippen LogP contribution in [0.5, 0.6) is 0 Å². The SMILES string of the molecule is CCCCCCCCCCCCN1C(=O)c2ccc3c4c(Br)cc5c6c(ccc(c7c(Br)cc(c2c37)C1=O)c64)C(=O)N(CCCCCCCCCCCC(=O)O)C5=O. The van der Waals surface area contributed by atoms with Crippen molar-refractivity contribution in [2.45, 2.75) is 135 Å². The molecule has 0 saturated carbocycles. The molecule has 0 fully saturated rings. The highest BCUT2D eigenvalue weighted by atomic mass is 79.9. The van der Waals surface area contributed by atoms with E-state index in [4.69, 9.17) is 5.11 Å². The molecule has 2 aliphatic rings. The lowest BCUT2D eigenvalue weighted by Crippen LogP contribution is -2.41. The Morgan fingerprint density at radius 2 is 0.810 bits per heavy atom. The lowest BCUT2D eigenvalue weighted by Gasteiger charge is -2.31. The predicted molar refractivity (Wildman–Crippen MR) is 239 cm³/mol. The van der Waals surface area contributed by atoms with Gasteiger partial charge in [0.2, 0.25) is 0 Å². The molecule has 1 N–H and O–H groups in total. The topological polar surface area (TPSA) is 112 Å². The number of carbonyl (C=O) groups excluding carboxylic acids is 4. The van der Waals surface area contributed by atoms with Crippen molar-refractivity contribution in [1.29, 1.82) is 0 Å². The number of imide groups is 2. The second kappa shape index (κ2) is 19.0. The van der Waals surface area contributed by atoms with Crippen molar-refractivity contribution in [1.82, 2.24) is 9.80 Å². The molecule has 8 nitrogen and oxygen atoms in total. The van der Waals surface area contributed by atoms with Gasteiger partial charge in [-0.05, 0) is 54.3 Å². The van der Waals surface area contributed by atoms with E-state index in [1.165, 1.54) is 54.7 Å².